The van der Waals surface area contributed by atoms with Gasteiger partial charge in [0, 0.05) is 26.7 Å². The number of nitrogens with zero attached hydrogens (tertiary/aromatic N) is 3. The molecule has 3 atom stereocenters. The Morgan fingerprint density at radius 3 is 2.25 bits per heavy atom. The summed E-state index contributed by atoms with van der Waals surface area (Å²) in [6, 6.07) is 8.77. The van der Waals surface area contributed by atoms with Gasteiger partial charge in [0.2, 0.25) is 5.91 Å². The van der Waals surface area contributed by atoms with Gasteiger partial charge in [-0.25, -0.2) is 0 Å². The lowest BCUT2D eigenvalue weighted by Gasteiger charge is -2.48. The molecular weight excluding hydrogens is 536 g/mol. The highest BCUT2D eigenvalue weighted by Crippen LogP contribution is 2.58. The van der Waals surface area contributed by atoms with Gasteiger partial charge in [0.15, 0.2) is 0 Å². The number of benzene rings is 2. The Hall–Kier alpha value is -3.63. The van der Waals surface area contributed by atoms with Crippen molar-refractivity contribution < 1.29 is 35.9 Å². The minimum absolute atomic E-state index is 0.0183. The van der Waals surface area contributed by atoms with E-state index in [-0.39, 0.29) is 36.2 Å². The minimum atomic E-state index is -4.93. The first-order chi connectivity index (χ1) is 18.7. The SMILES string of the molecule is C=C(N(C)Cc1cc(C(F)(F)F)cc(C(F)(F)F)c1)N1CCN2C(=O)C3(C=C3OC)CC2C1c1ccccc1C. The summed E-state index contributed by atoms with van der Waals surface area (Å²) in [5.41, 5.74) is -1.65. The smallest absolute Gasteiger partial charge is 0.416 e. The van der Waals surface area contributed by atoms with E-state index in [0.717, 1.165) is 23.3 Å². The summed E-state index contributed by atoms with van der Waals surface area (Å²) in [6.45, 7) is 6.72. The standard InChI is InChI=1S/C29H29F6N3O2/c1-17-7-5-6-8-22(17)25-23-14-27(15-24(27)40-4)26(39)38(23)10-9-37(25)18(2)36(3)16-19-11-20(28(30,31)32)13-21(12-19)29(33,34)35/h5-8,11-13,15,23,25H,2,9-10,14,16H2,1,3-4H3. The molecule has 0 N–H and O–H groups in total. The molecule has 214 valence electrons. The van der Waals surface area contributed by atoms with Crippen molar-refractivity contribution in [3.8, 4) is 0 Å². The molecule has 2 fully saturated rings. The Kier molecular flexibility index (Phi) is 6.62. The van der Waals surface area contributed by atoms with Gasteiger partial charge in [0.05, 0.1) is 36.1 Å². The second-order valence-electron chi connectivity index (χ2n) is 10.6. The van der Waals surface area contributed by atoms with E-state index >= 15 is 0 Å². The van der Waals surface area contributed by atoms with E-state index in [1.807, 2.05) is 47.1 Å². The third-order valence-electron chi connectivity index (χ3n) is 8.16. The van der Waals surface area contributed by atoms with Crippen LogP contribution in [-0.2, 0) is 28.4 Å². The van der Waals surface area contributed by atoms with Gasteiger partial charge < -0.3 is 19.4 Å². The third kappa shape index (κ3) is 4.69. The fraction of sp³-hybridized carbons (Fsp3) is 0.414. The highest BCUT2D eigenvalue weighted by molar-refractivity contribution is 5.95. The zero-order chi connectivity index (χ0) is 29.2. The summed E-state index contributed by atoms with van der Waals surface area (Å²) in [5.74, 6) is 1.06. The number of fused-ring (bicyclic) bond motifs is 1. The molecule has 5 nitrogen and oxygen atoms in total. The van der Waals surface area contributed by atoms with Crippen molar-refractivity contribution in [1.29, 1.82) is 0 Å². The molecule has 1 aliphatic carbocycles. The molecule has 5 rings (SSSR count). The summed E-state index contributed by atoms with van der Waals surface area (Å²) in [7, 11) is 3.12. The summed E-state index contributed by atoms with van der Waals surface area (Å²) >= 11 is 0. The number of alkyl halides is 6. The van der Waals surface area contributed by atoms with Crippen LogP contribution in [0.4, 0.5) is 26.3 Å². The summed E-state index contributed by atoms with van der Waals surface area (Å²) in [5, 5.41) is 0. The largest absolute Gasteiger partial charge is 0.500 e. The molecule has 2 aliphatic heterocycles. The van der Waals surface area contributed by atoms with Crippen LogP contribution in [0.1, 0.15) is 40.3 Å². The molecule has 11 heteroatoms. The molecule has 0 bridgehead atoms. The number of carbonyl (C=O) groups is 1. The predicted molar refractivity (Wildman–Crippen MR) is 135 cm³/mol. The van der Waals surface area contributed by atoms with Gasteiger partial charge in [-0.2, -0.15) is 26.3 Å². The Labute approximate surface area is 228 Å². The van der Waals surface area contributed by atoms with E-state index in [1.54, 1.807) is 11.9 Å². The summed E-state index contributed by atoms with van der Waals surface area (Å²) in [6.07, 6.45) is -7.52. The molecule has 2 saturated heterocycles. The maximum absolute atomic E-state index is 13.4. The predicted octanol–water partition coefficient (Wildman–Crippen LogP) is 6.12. The van der Waals surface area contributed by atoms with E-state index in [4.69, 9.17) is 4.74 Å². The van der Waals surface area contributed by atoms with Crippen LogP contribution in [0.3, 0.4) is 0 Å². The van der Waals surface area contributed by atoms with Gasteiger partial charge >= 0.3 is 12.4 Å². The Morgan fingerprint density at radius 2 is 1.70 bits per heavy atom. The molecule has 40 heavy (non-hydrogen) atoms. The van der Waals surface area contributed by atoms with Crippen LogP contribution in [0.5, 0.6) is 0 Å². The van der Waals surface area contributed by atoms with Crippen LogP contribution in [0.15, 0.2) is 66.7 Å². The van der Waals surface area contributed by atoms with Crippen molar-refractivity contribution in [2.75, 3.05) is 27.2 Å². The van der Waals surface area contributed by atoms with Crippen molar-refractivity contribution in [1.82, 2.24) is 14.7 Å². The fourth-order valence-electron chi connectivity index (χ4n) is 6.08. The van der Waals surface area contributed by atoms with Gasteiger partial charge in [-0.1, -0.05) is 30.8 Å². The molecule has 0 radical (unpaired) electrons. The Bertz CT molecular complexity index is 1350. The van der Waals surface area contributed by atoms with E-state index in [2.05, 4.69) is 6.58 Å². The normalized spacial score (nSPS) is 24.2. The first-order valence-corrected chi connectivity index (χ1v) is 12.8. The number of amides is 1. The van der Waals surface area contributed by atoms with Gasteiger partial charge in [-0.15, -0.1) is 0 Å². The number of hydrogen-bond acceptors (Lipinski definition) is 4. The first-order valence-electron chi connectivity index (χ1n) is 12.8. The van der Waals surface area contributed by atoms with E-state index < -0.39 is 28.9 Å². The number of piperazine rings is 1. The fourth-order valence-corrected chi connectivity index (χ4v) is 6.08. The second kappa shape index (κ2) is 9.49. The van der Waals surface area contributed by atoms with Crippen LogP contribution in [-0.4, -0.2) is 53.9 Å². The molecule has 3 aliphatic rings. The van der Waals surface area contributed by atoms with Crippen LogP contribution in [0, 0.1) is 12.3 Å². The maximum Gasteiger partial charge on any atom is 0.416 e. The van der Waals surface area contributed by atoms with Gasteiger partial charge in [0.25, 0.3) is 0 Å². The van der Waals surface area contributed by atoms with Gasteiger partial charge in [-0.05, 0) is 54.3 Å². The average Bonchev–Trinajstić information content (AvgIpc) is 3.53. The number of methoxy groups -OCH3 is 1. The van der Waals surface area contributed by atoms with Crippen LogP contribution in [0.25, 0.3) is 0 Å². The van der Waals surface area contributed by atoms with Crippen molar-refractivity contribution in [2.45, 2.75) is 44.3 Å². The lowest BCUT2D eigenvalue weighted by Crippen LogP contribution is -2.54. The van der Waals surface area contributed by atoms with Crippen LogP contribution in [0.2, 0.25) is 0 Å². The van der Waals surface area contributed by atoms with E-state index in [9.17, 15) is 31.1 Å². The van der Waals surface area contributed by atoms with E-state index in [1.165, 1.54) is 7.11 Å². The molecule has 1 amide bonds. The molecule has 0 aromatic heterocycles. The number of aryl methyl sites for hydroxylation is 1. The monoisotopic (exact) mass is 565 g/mol. The highest BCUT2D eigenvalue weighted by atomic mass is 19.4. The topological polar surface area (TPSA) is 36.0 Å². The summed E-state index contributed by atoms with van der Waals surface area (Å²) < 4.78 is 85.9. The number of carbonyl (C=O) groups excluding carboxylic acids is 1. The highest BCUT2D eigenvalue weighted by Gasteiger charge is 2.64. The van der Waals surface area contributed by atoms with E-state index in [0.29, 0.717) is 31.1 Å². The molecule has 3 unspecified atom stereocenters. The maximum atomic E-state index is 13.4. The molecule has 2 aromatic rings. The van der Waals surface area contributed by atoms with Crippen LogP contribution < -0.4 is 0 Å². The van der Waals surface area contributed by atoms with Crippen molar-refractivity contribution in [3.05, 3.63) is 94.5 Å². The molecule has 2 aromatic carbocycles. The zero-order valence-corrected chi connectivity index (χ0v) is 22.2. The lowest BCUT2D eigenvalue weighted by molar-refractivity contribution is -0.143. The van der Waals surface area contributed by atoms with Crippen molar-refractivity contribution >= 4 is 5.91 Å². The van der Waals surface area contributed by atoms with Crippen molar-refractivity contribution in [3.63, 3.8) is 0 Å². The van der Waals surface area contributed by atoms with Gasteiger partial charge in [-0.3, -0.25) is 4.79 Å². The second-order valence-corrected chi connectivity index (χ2v) is 10.6. The lowest BCUT2D eigenvalue weighted by atomic mass is 9.88. The number of rotatable bonds is 6. The Morgan fingerprint density at radius 1 is 1.07 bits per heavy atom. The quantitative estimate of drug-likeness (QED) is 0.396. The first kappa shape index (κ1) is 27.9. The molecule has 1 spiro atoms. The molecule has 0 saturated carbocycles. The third-order valence-corrected chi connectivity index (χ3v) is 8.16. The Balaban J connectivity index is 1.46. The average molecular weight is 566 g/mol. The molecule has 2 heterocycles. The van der Waals surface area contributed by atoms with Gasteiger partial charge in [0.1, 0.15) is 11.2 Å². The molecular formula is C29H29F6N3O2. The number of halogens is 6. The zero-order valence-electron chi connectivity index (χ0n) is 22.2. The number of ether oxygens (including phenoxy) is 1. The summed E-state index contributed by atoms with van der Waals surface area (Å²) in [4.78, 5) is 18.8. The van der Waals surface area contributed by atoms with Crippen molar-refractivity contribution in [2.24, 2.45) is 5.41 Å². The minimum Gasteiger partial charge on any atom is -0.500 e. The number of hydrogen-bond donors (Lipinski definition) is 0. The van der Waals surface area contributed by atoms with Crippen LogP contribution >= 0.6 is 0 Å².